The molecule has 6 rings (SSSR count). The summed E-state index contributed by atoms with van der Waals surface area (Å²) in [5.41, 5.74) is 2.54. The number of nitrogens with one attached hydrogen (secondary N) is 1. The first kappa shape index (κ1) is 30.5. The molecule has 4 aliphatic carbocycles. The first-order valence-corrected chi connectivity index (χ1v) is 17.2. The molecule has 4 saturated carbocycles. The molecule has 7 nitrogen and oxygen atoms in total. The molecule has 0 aromatic heterocycles. The van der Waals surface area contributed by atoms with Crippen molar-refractivity contribution in [2.45, 2.75) is 83.2 Å². The molecule has 1 atom stereocenters. The van der Waals surface area contributed by atoms with Crippen LogP contribution in [-0.4, -0.2) is 50.5 Å². The smallest absolute Gasteiger partial charge is 0.244 e. The SMILES string of the molecule is CCCCNC(=O)[C@@H](C)N(Cc1ccc(F)cc1)C(=O)CN(c1ccc(C23CC4CC(CC(C4)C2)C3)cc1)S(C)(=O)=O. The number of nitrogens with zero attached hydrogens (tertiary/aromatic N) is 2. The number of rotatable bonds is 12. The fourth-order valence-electron chi connectivity index (χ4n) is 7.96. The Morgan fingerprint density at radius 3 is 2.07 bits per heavy atom. The van der Waals surface area contributed by atoms with Gasteiger partial charge in [0, 0.05) is 13.1 Å². The Labute approximate surface area is 249 Å². The normalized spacial score (nSPS) is 25.2. The third kappa shape index (κ3) is 6.66. The molecule has 0 spiro atoms. The lowest BCUT2D eigenvalue weighted by molar-refractivity contribution is -0.139. The van der Waals surface area contributed by atoms with Gasteiger partial charge >= 0.3 is 0 Å². The molecule has 42 heavy (non-hydrogen) atoms. The second-order valence-electron chi connectivity index (χ2n) is 13.0. The van der Waals surface area contributed by atoms with Crippen molar-refractivity contribution < 1.29 is 22.4 Å². The highest BCUT2D eigenvalue weighted by Gasteiger charge is 2.51. The van der Waals surface area contributed by atoms with Gasteiger partial charge in [-0.1, -0.05) is 37.6 Å². The van der Waals surface area contributed by atoms with E-state index >= 15 is 0 Å². The van der Waals surface area contributed by atoms with Crippen molar-refractivity contribution in [3.05, 3.63) is 65.5 Å². The van der Waals surface area contributed by atoms with E-state index in [1.807, 2.05) is 19.1 Å². The van der Waals surface area contributed by atoms with Crippen LogP contribution in [0.5, 0.6) is 0 Å². The van der Waals surface area contributed by atoms with E-state index in [2.05, 4.69) is 17.4 Å². The molecule has 0 aliphatic heterocycles. The molecule has 0 heterocycles. The summed E-state index contributed by atoms with van der Waals surface area (Å²) in [5.74, 6) is 1.18. The van der Waals surface area contributed by atoms with Crippen LogP contribution in [0.25, 0.3) is 0 Å². The van der Waals surface area contributed by atoms with Crippen molar-refractivity contribution in [1.82, 2.24) is 10.2 Å². The average Bonchev–Trinajstić information content (AvgIpc) is 2.94. The van der Waals surface area contributed by atoms with Gasteiger partial charge in [-0.05, 0) is 110 Å². The van der Waals surface area contributed by atoms with Crippen molar-refractivity contribution in [2.24, 2.45) is 17.8 Å². The van der Waals surface area contributed by atoms with E-state index < -0.39 is 34.3 Å². The first-order chi connectivity index (χ1) is 20.0. The van der Waals surface area contributed by atoms with Gasteiger partial charge in [-0.25, -0.2) is 12.8 Å². The Balaban J connectivity index is 1.36. The number of benzene rings is 2. The number of anilines is 1. The molecule has 0 radical (unpaired) electrons. The van der Waals surface area contributed by atoms with Gasteiger partial charge in [0.05, 0.1) is 11.9 Å². The van der Waals surface area contributed by atoms with E-state index in [0.29, 0.717) is 17.8 Å². The number of hydrogen-bond donors (Lipinski definition) is 1. The highest BCUT2D eigenvalue weighted by atomic mass is 32.2. The quantitative estimate of drug-likeness (QED) is 0.332. The van der Waals surface area contributed by atoms with Crippen LogP contribution in [0.15, 0.2) is 48.5 Å². The van der Waals surface area contributed by atoms with Gasteiger partial charge in [0.15, 0.2) is 0 Å². The van der Waals surface area contributed by atoms with Gasteiger partial charge in [0.2, 0.25) is 21.8 Å². The molecular formula is C33H44FN3O4S. The van der Waals surface area contributed by atoms with Crippen LogP contribution in [0.2, 0.25) is 0 Å². The van der Waals surface area contributed by atoms with E-state index in [1.54, 1.807) is 19.1 Å². The number of hydrogen-bond acceptors (Lipinski definition) is 4. The van der Waals surface area contributed by atoms with Crippen molar-refractivity contribution in [3.63, 3.8) is 0 Å². The van der Waals surface area contributed by atoms with Gasteiger partial charge in [0.1, 0.15) is 18.4 Å². The van der Waals surface area contributed by atoms with Gasteiger partial charge < -0.3 is 10.2 Å². The first-order valence-electron chi connectivity index (χ1n) is 15.4. The summed E-state index contributed by atoms with van der Waals surface area (Å²) < 4.78 is 40.7. The van der Waals surface area contributed by atoms with Crippen LogP contribution in [0, 0.1) is 23.6 Å². The summed E-state index contributed by atoms with van der Waals surface area (Å²) in [6.45, 7) is 3.75. The van der Waals surface area contributed by atoms with Crippen LogP contribution in [0.3, 0.4) is 0 Å². The number of carbonyl (C=O) groups is 2. The Morgan fingerprint density at radius 1 is 0.976 bits per heavy atom. The van der Waals surface area contributed by atoms with E-state index in [9.17, 15) is 22.4 Å². The number of halogens is 1. The molecule has 228 valence electrons. The number of carbonyl (C=O) groups excluding carboxylic acids is 2. The minimum Gasteiger partial charge on any atom is -0.354 e. The van der Waals surface area contributed by atoms with Crippen molar-refractivity contribution in [1.29, 1.82) is 0 Å². The Kier molecular flexibility index (Phi) is 8.97. The summed E-state index contributed by atoms with van der Waals surface area (Å²) in [6, 6.07) is 12.7. The monoisotopic (exact) mass is 597 g/mol. The van der Waals surface area contributed by atoms with E-state index in [1.165, 1.54) is 61.1 Å². The van der Waals surface area contributed by atoms with Crippen LogP contribution >= 0.6 is 0 Å². The maximum absolute atomic E-state index is 13.8. The largest absolute Gasteiger partial charge is 0.354 e. The van der Waals surface area contributed by atoms with Crippen LogP contribution in [0.1, 0.15) is 76.3 Å². The molecule has 4 bridgehead atoms. The molecule has 0 unspecified atom stereocenters. The lowest BCUT2D eigenvalue weighted by Gasteiger charge is -2.57. The predicted octanol–water partition coefficient (Wildman–Crippen LogP) is 5.39. The molecular weight excluding hydrogens is 553 g/mol. The summed E-state index contributed by atoms with van der Waals surface area (Å²) >= 11 is 0. The zero-order valence-electron chi connectivity index (χ0n) is 25.0. The van der Waals surface area contributed by atoms with Gasteiger partial charge in [-0.15, -0.1) is 0 Å². The summed E-state index contributed by atoms with van der Waals surface area (Å²) in [5, 5.41) is 2.86. The fraction of sp³-hybridized carbons (Fsp3) is 0.576. The molecule has 2 aromatic carbocycles. The predicted molar refractivity (Wildman–Crippen MR) is 163 cm³/mol. The van der Waals surface area contributed by atoms with Crippen molar-refractivity contribution in [3.8, 4) is 0 Å². The standard InChI is InChI=1S/C33H44FN3O4S/c1-4-5-14-35-32(39)23(2)36(21-24-6-10-29(34)11-7-24)31(38)22-37(42(3,40)41)30-12-8-28(9-13-30)33-18-25-15-26(19-33)17-27(16-25)20-33/h6-13,23,25-27H,4-5,14-22H2,1-3H3,(H,35,39)/t23-,25?,26?,27?,33?/m1/s1. The van der Waals surface area contributed by atoms with Crippen LogP contribution in [0.4, 0.5) is 10.1 Å². The zero-order valence-corrected chi connectivity index (χ0v) is 25.8. The topological polar surface area (TPSA) is 86.8 Å². The molecule has 4 aliphatic rings. The molecule has 2 amide bonds. The molecule has 2 aromatic rings. The van der Waals surface area contributed by atoms with E-state index in [4.69, 9.17) is 0 Å². The third-order valence-corrected chi connectivity index (χ3v) is 10.9. The maximum Gasteiger partial charge on any atom is 0.244 e. The second kappa shape index (κ2) is 12.3. The lowest BCUT2D eigenvalue weighted by Crippen LogP contribution is -2.51. The van der Waals surface area contributed by atoms with Crippen molar-refractivity contribution >= 4 is 27.5 Å². The highest BCUT2D eigenvalue weighted by molar-refractivity contribution is 7.92. The lowest BCUT2D eigenvalue weighted by atomic mass is 9.48. The summed E-state index contributed by atoms with van der Waals surface area (Å²) in [7, 11) is -3.81. The van der Waals surface area contributed by atoms with E-state index in [0.717, 1.165) is 41.2 Å². The van der Waals surface area contributed by atoms with Gasteiger partial charge in [-0.2, -0.15) is 0 Å². The molecule has 0 saturated heterocycles. The Bertz CT molecular complexity index is 1340. The van der Waals surface area contributed by atoms with Gasteiger partial charge in [0.25, 0.3) is 0 Å². The number of amides is 2. The molecule has 1 N–H and O–H groups in total. The van der Waals surface area contributed by atoms with Crippen molar-refractivity contribution in [2.75, 3.05) is 23.7 Å². The fourth-order valence-corrected chi connectivity index (χ4v) is 8.81. The maximum atomic E-state index is 13.8. The van der Waals surface area contributed by atoms with Gasteiger partial charge in [-0.3, -0.25) is 13.9 Å². The Morgan fingerprint density at radius 2 is 1.55 bits per heavy atom. The highest BCUT2D eigenvalue weighted by Crippen LogP contribution is 2.60. The number of sulfonamides is 1. The summed E-state index contributed by atoms with van der Waals surface area (Å²) in [6.07, 6.45) is 10.5. The second-order valence-corrected chi connectivity index (χ2v) is 14.9. The zero-order chi connectivity index (χ0) is 30.1. The van der Waals surface area contributed by atoms with E-state index in [-0.39, 0.29) is 17.9 Å². The average molecular weight is 598 g/mol. The third-order valence-electron chi connectivity index (χ3n) is 9.75. The Hall–Kier alpha value is -2.94. The minimum atomic E-state index is -3.81. The van der Waals surface area contributed by atoms with Crippen LogP contribution < -0.4 is 9.62 Å². The minimum absolute atomic E-state index is 0.0457. The molecule has 9 heteroatoms. The summed E-state index contributed by atoms with van der Waals surface area (Å²) in [4.78, 5) is 28.1. The molecule has 4 fully saturated rings. The number of unbranched alkanes of at least 4 members (excludes halogenated alkanes) is 1. The van der Waals surface area contributed by atoms with Crippen LogP contribution in [-0.2, 0) is 31.6 Å².